The summed E-state index contributed by atoms with van der Waals surface area (Å²) in [6.07, 6.45) is 5.46. The standard InChI is InChI=1S/C14H21NO/c15-10-14(13-8-2-1-3-9-13)16-11-12-6-4-5-7-12/h1-3,8-9,12,14H,4-7,10-11,15H2. The van der Waals surface area contributed by atoms with E-state index >= 15 is 0 Å². The van der Waals surface area contributed by atoms with Crippen LogP contribution in [0.4, 0.5) is 0 Å². The molecule has 1 unspecified atom stereocenters. The zero-order valence-electron chi connectivity index (χ0n) is 9.77. The van der Waals surface area contributed by atoms with Gasteiger partial charge in [0.05, 0.1) is 12.7 Å². The molecule has 0 aromatic heterocycles. The SMILES string of the molecule is NCC(OCC1CCCC1)c1ccccc1. The van der Waals surface area contributed by atoms with Crippen LogP contribution in [0, 0.1) is 5.92 Å². The summed E-state index contributed by atoms with van der Waals surface area (Å²) < 4.78 is 5.94. The number of rotatable bonds is 5. The van der Waals surface area contributed by atoms with E-state index in [1.54, 1.807) is 0 Å². The smallest absolute Gasteiger partial charge is 0.0947 e. The molecular formula is C14H21NO. The van der Waals surface area contributed by atoms with Gasteiger partial charge in [-0.3, -0.25) is 0 Å². The van der Waals surface area contributed by atoms with Crippen LogP contribution in [0.3, 0.4) is 0 Å². The minimum atomic E-state index is 0.0711. The van der Waals surface area contributed by atoms with Crippen molar-refractivity contribution in [2.45, 2.75) is 31.8 Å². The fraction of sp³-hybridized carbons (Fsp3) is 0.571. The number of hydrogen-bond donors (Lipinski definition) is 1. The third-order valence-corrected chi connectivity index (χ3v) is 3.39. The summed E-state index contributed by atoms with van der Waals surface area (Å²) in [5.74, 6) is 0.762. The summed E-state index contributed by atoms with van der Waals surface area (Å²) in [5, 5.41) is 0. The van der Waals surface area contributed by atoms with Crippen LogP contribution < -0.4 is 5.73 Å². The molecule has 0 heterocycles. The van der Waals surface area contributed by atoms with E-state index in [9.17, 15) is 0 Å². The van der Waals surface area contributed by atoms with Gasteiger partial charge in [-0.05, 0) is 24.3 Å². The van der Waals surface area contributed by atoms with E-state index in [1.165, 1.54) is 31.2 Å². The number of benzene rings is 1. The molecule has 1 saturated carbocycles. The fourth-order valence-corrected chi connectivity index (χ4v) is 2.40. The van der Waals surface area contributed by atoms with Gasteiger partial charge < -0.3 is 10.5 Å². The molecule has 2 N–H and O–H groups in total. The minimum absolute atomic E-state index is 0.0711. The van der Waals surface area contributed by atoms with Gasteiger partial charge in [-0.25, -0.2) is 0 Å². The molecule has 2 heteroatoms. The predicted molar refractivity (Wildman–Crippen MR) is 66.1 cm³/mol. The van der Waals surface area contributed by atoms with E-state index in [0.717, 1.165) is 12.5 Å². The van der Waals surface area contributed by atoms with E-state index in [2.05, 4.69) is 12.1 Å². The molecule has 0 amide bonds. The maximum absolute atomic E-state index is 5.94. The van der Waals surface area contributed by atoms with Crippen molar-refractivity contribution in [3.05, 3.63) is 35.9 Å². The highest BCUT2D eigenvalue weighted by atomic mass is 16.5. The van der Waals surface area contributed by atoms with Gasteiger partial charge in [-0.2, -0.15) is 0 Å². The van der Waals surface area contributed by atoms with Gasteiger partial charge in [0, 0.05) is 6.54 Å². The Bertz CT molecular complexity index is 293. The van der Waals surface area contributed by atoms with Crippen LogP contribution in [0.15, 0.2) is 30.3 Å². The molecule has 2 nitrogen and oxygen atoms in total. The average molecular weight is 219 g/mol. The van der Waals surface area contributed by atoms with Crippen LogP contribution in [0.25, 0.3) is 0 Å². The molecule has 2 rings (SSSR count). The molecular weight excluding hydrogens is 198 g/mol. The van der Waals surface area contributed by atoms with Crippen LogP contribution in [-0.2, 0) is 4.74 Å². The van der Waals surface area contributed by atoms with Gasteiger partial charge >= 0.3 is 0 Å². The largest absolute Gasteiger partial charge is 0.372 e. The molecule has 16 heavy (non-hydrogen) atoms. The van der Waals surface area contributed by atoms with Crippen LogP contribution in [-0.4, -0.2) is 13.2 Å². The Morgan fingerprint density at radius 2 is 1.88 bits per heavy atom. The predicted octanol–water partition coefficient (Wildman–Crippen LogP) is 2.89. The van der Waals surface area contributed by atoms with E-state index in [4.69, 9.17) is 10.5 Å². The van der Waals surface area contributed by atoms with Gasteiger partial charge in [0.2, 0.25) is 0 Å². The minimum Gasteiger partial charge on any atom is -0.372 e. The van der Waals surface area contributed by atoms with Gasteiger partial charge in [-0.1, -0.05) is 43.2 Å². The quantitative estimate of drug-likeness (QED) is 0.826. The first-order valence-electron chi connectivity index (χ1n) is 6.26. The second-order valence-corrected chi connectivity index (χ2v) is 4.62. The molecule has 1 atom stereocenters. The molecule has 0 radical (unpaired) electrons. The third kappa shape index (κ3) is 3.06. The lowest BCUT2D eigenvalue weighted by Gasteiger charge is -2.19. The molecule has 0 bridgehead atoms. The van der Waals surface area contributed by atoms with Gasteiger partial charge in [0.25, 0.3) is 0 Å². The Morgan fingerprint density at radius 1 is 1.19 bits per heavy atom. The lowest BCUT2D eigenvalue weighted by Crippen LogP contribution is -2.18. The monoisotopic (exact) mass is 219 g/mol. The summed E-state index contributed by atoms with van der Waals surface area (Å²) in [6.45, 7) is 1.44. The van der Waals surface area contributed by atoms with Gasteiger partial charge in [-0.15, -0.1) is 0 Å². The number of ether oxygens (including phenoxy) is 1. The first kappa shape index (κ1) is 11.6. The fourth-order valence-electron chi connectivity index (χ4n) is 2.40. The lowest BCUT2D eigenvalue weighted by atomic mass is 10.1. The Balaban J connectivity index is 1.85. The second-order valence-electron chi connectivity index (χ2n) is 4.62. The van der Waals surface area contributed by atoms with Crippen molar-refractivity contribution in [3.63, 3.8) is 0 Å². The van der Waals surface area contributed by atoms with E-state index in [0.29, 0.717) is 6.54 Å². The van der Waals surface area contributed by atoms with Crippen molar-refractivity contribution < 1.29 is 4.74 Å². The zero-order valence-corrected chi connectivity index (χ0v) is 9.77. The molecule has 0 aliphatic heterocycles. The van der Waals surface area contributed by atoms with Crippen molar-refractivity contribution in [2.24, 2.45) is 11.7 Å². The molecule has 88 valence electrons. The second kappa shape index (κ2) is 6.02. The Kier molecular flexibility index (Phi) is 4.37. The normalized spacial score (nSPS) is 18.8. The highest BCUT2D eigenvalue weighted by molar-refractivity contribution is 5.17. The maximum Gasteiger partial charge on any atom is 0.0947 e. The topological polar surface area (TPSA) is 35.2 Å². The average Bonchev–Trinajstić information content (AvgIpc) is 2.84. The lowest BCUT2D eigenvalue weighted by molar-refractivity contribution is 0.0346. The first-order valence-corrected chi connectivity index (χ1v) is 6.26. The zero-order chi connectivity index (χ0) is 11.2. The first-order chi connectivity index (χ1) is 7.90. The summed E-state index contributed by atoms with van der Waals surface area (Å²) in [5.41, 5.74) is 6.96. The molecule has 1 fully saturated rings. The van der Waals surface area contributed by atoms with Crippen LogP contribution >= 0.6 is 0 Å². The van der Waals surface area contributed by atoms with Crippen LogP contribution in [0.2, 0.25) is 0 Å². The summed E-state index contributed by atoms with van der Waals surface area (Å²) in [7, 11) is 0. The molecule has 1 aliphatic carbocycles. The highest BCUT2D eigenvalue weighted by Crippen LogP contribution is 2.26. The van der Waals surface area contributed by atoms with Crippen molar-refractivity contribution in [2.75, 3.05) is 13.2 Å². The van der Waals surface area contributed by atoms with E-state index in [1.807, 2.05) is 18.2 Å². The Hall–Kier alpha value is -0.860. The Labute approximate surface area is 97.8 Å². The summed E-state index contributed by atoms with van der Waals surface area (Å²) in [6, 6.07) is 10.3. The number of nitrogens with two attached hydrogens (primary N) is 1. The third-order valence-electron chi connectivity index (χ3n) is 3.39. The number of hydrogen-bond acceptors (Lipinski definition) is 2. The highest BCUT2D eigenvalue weighted by Gasteiger charge is 2.17. The summed E-state index contributed by atoms with van der Waals surface area (Å²) >= 11 is 0. The molecule has 1 aliphatic rings. The van der Waals surface area contributed by atoms with Gasteiger partial charge in [0.1, 0.15) is 0 Å². The molecule has 0 spiro atoms. The summed E-state index contributed by atoms with van der Waals surface area (Å²) in [4.78, 5) is 0. The Morgan fingerprint density at radius 3 is 2.50 bits per heavy atom. The maximum atomic E-state index is 5.94. The van der Waals surface area contributed by atoms with Crippen LogP contribution in [0.1, 0.15) is 37.4 Å². The molecule has 1 aromatic carbocycles. The van der Waals surface area contributed by atoms with E-state index in [-0.39, 0.29) is 6.10 Å². The van der Waals surface area contributed by atoms with Crippen molar-refractivity contribution in [1.29, 1.82) is 0 Å². The van der Waals surface area contributed by atoms with Gasteiger partial charge in [0.15, 0.2) is 0 Å². The molecule has 0 saturated heterocycles. The van der Waals surface area contributed by atoms with E-state index < -0.39 is 0 Å². The van der Waals surface area contributed by atoms with Crippen molar-refractivity contribution in [3.8, 4) is 0 Å². The molecule has 1 aromatic rings. The van der Waals surface area contributed by atoms with Crippen molar-refractivity contribution in [1.82, 2.24) is 0 Å². The van der Waals surface area contributed by atoms with Crippen LogP contribution in [0.5, 0.6) is 0 Å². The van der Waals surface area contributed by atoms with Crippen molar-refractivity contribution >= 4 is 0 Å².